The molecule has 134 valence electrons. The van der Waals surface area contributed by atoms with Crippen LogP contribution in [0.1, 0.15) is 40.9 Å². The third-order valence-corrected chi connectivity index (χ3v) is 4.51. The third-order valence-electron chi connectivity index (χ3n) is 4.51. The van der Waals surface area contributed by atoms with Crippen molar-refractivity contribution in [2.45, 2.75) is 33.0 Å². The number of carbonyl (C=O) groups is 1. The maximum Gasteiger partial charge on any atom is 0.290 e. The Bertz CT molecular complexity index is 902. The Morgan fingerprint density at radius 3 is 2.92 bits per heavy atom. The van der Waals surface area contributed by atoms with Crippen molar-refractivity contribution in [2.24, 2.45) is 0 Å². The van der Waals surface area contributed by atoms with Crippen LogP contribution in [-0.2, 0) is 13.2 Å². The monoisotopic (exact) mass is 353 g/mol. The first-order valence-electron chi connectivity index (χ1n) is 8.45. The molecule has 3 aromatic heterocycles. The van der Waals surface area contributed by atoms with E-state index >= 15 is 0 Å². The van der Waals surface area contributed by atoms with Gasteiger partial charge >= 0.3 is 0 Å². The zero-order valence-electron chi connectivity index (χ0n) is 14.6. The van der Waals surface area contributed by atoms with E-state index in [9.17, 15) is 4.79 Å². The van der Waals surface area contributed by atoms with Crippen LogP contribution in [0.3, 0.4) is 0 Å². The average molecular weight is 353 g/mol. The van der Waals surface area contributed by atoms with Crippen molar-refractivity contribution >= 4 is 5.91 Å². The summed E-state index contributed by atoms with van der Waals surface area (Å²) >= 11 is 0. The summed E-state index contributed by atoms with van der Waals surface area (Å²) < 4.78 is 13.0. The van der Waals surface area contributed by atoms with E-state index in [2.05, 4.69) is 15.2 Å². The van der Waals surface area contributed by atoms with Gasteiger partial charge in [0.15, 0.2) is 17.4 Å². The maximum absolute atomic E-state index is 12.6. The molecule has 1 aliphatic heterocycles. The van der Waals surface area contributed by atoms with E-state index in [-0.39, 0.29) is 11.9 Å². The first kappa shape index (κ1) is 16.3. The number of aromatic nitrogens is 4. The van der Waals surface area contributed by atoms with Crippen molar-refractivity contribution in [3.8, 4) is 5.75 Å². The molecular formula is C18H19N5O3. The lowest BCUT2D eigenvalue weighted by Gasteiger charge is -2.33. The molecular weight excluding hydrogens is 334 g/mol. The summed E-state index contributed by atoms with van der Waals surface area (Å²) in [6.07, 6.45) is 3.19. The summed E-state index contributed by atoms with van der Waals surface area (Å²) in [6, 6.07) is 6.96. The van der Waals surface area contributed by atoms with E-state index in [1.807, 2.05) is 30.5 Å². The Balaban J connectivity index is 1.48. The van der Waals surface area contributed by atoms with Crippen LogP contribution in [0, 0.1) is 6.92 Å². The fourth-order valence-corrected chi connectivity index (χ4v) is 3.06. The number of aryl methyl sites for hydroxylation is 1. The lowest BCUT2D eigenvalue weighted by molar-refractivity contribution is 0.0602. The van der Waals surface area contributed by atoms with Crippen LogP contribution in [0.2, 0.25) is 0 Å². The zero-order chi connectivity index (χ0) is 18.1. The van der Waals surface area contributed by atoms with E-state index in [0.717, 1.165) is 17.3 Å². The van der Waals surface area contributed by atoms with Gasteiger partial charge in [-0.25, -0.2) is 0 Å². The summed E-state index contributed by atoms with van der Waals surface area (Å²) in [5.41, 5.74) is 0.937. The number of nitrogens with zero attached hydrogens (tertiary/aromatic N) is 5. The number of carbonyl (C=O) groups excluding carboxylic acids is 1. The average Bonchev–Trinajstić information content (AvgIpc) is 3.31. The number of pyridine rings is 1. The first-order chi connectivity index (χ1) is 12.6. The van der Waals surface area contributed by atoms with E-state index in [4.69, 9.17) is 9.15 Å². The van der Waals surface area contributed by atoms with E-state index in [0.29, 0.717) is 31.2 Å². The molecule has 4 heterocycles. The second kappa shape index (κ2) is 6.62. The standard InChI is InChI=1S/C18H19N5O3/c1-12-5-6-14(10-19-12)26-11-16-20-21-17-13(2)22(7-8-23(16)17)18(24)15-4-3-9-25-15/h3-6,9-10,13H,7-8,11H2,1-2H3/t13-/m1/s1. The Kier molecular flexibility index (Phi) is 4.16. The van der Waals surface area contributed by atoms with Gasteiger partial charge in [0.05, 0.1) is 18.5 Å². The molecule has 8 heteroatoms. The van der Waals surface area contributed by atoms with Gasteiger partial charge in [-0.15, -0.1) is 10.2 Å². The molecule has 0 saturated heterocycles. The minimum atomic E-state index is -0.191. The van der Waals surface area contributed by atoms with Gasteiger partial charge in [-0.3, -0.25) is 9.78 Å². The van der Waals surface area contributed by atoms with Gasteiger partial charge in [-0.1, -0.05) is 0 Å². The Morgan fingerprint density at radius 2 is 2.19 bits per heavy atom. The Hall–Kier alpha value is -3.16. The SMILES string of the molecule is Cc1ccc(OCc2nnc3n2CCN(C(=O)c2ccco2)[C@@H]3C)cn1. The highest BCUT2D eigenvalue weighted by Gasteiger charge is 2.32. The maximum atomic E-state index is 12.6. The normalized spacial score (nSPS) is 16.4. The van der Waals surface area contributed by atoms with Gasteiger partial charge in [-0.2, -0.15) is 0 Å². The molecule has 0 unspecified atom stereocenters. The van der Waals surface area contributed by atoms with Crippen LogP contribution >= 0.6 is 0 Å². The van der Waals surface area contributed by atoms with Crippen LogP contribution in [0.4, 0.5) is 0 Å². The highest BCUT2D eigenvalue weighted by Crippen LogP contribution is 2.26. The van der Waals surface area contributed by atoms with Gasteiger partial charge < -0.3 is 18.6 Å². The second-order valence-electron chi connectivity index (χ2n) is 6.20. The van der Waals surface area contributed by atoms with Crippen LogP contribution in [0.15, 0.2) is 41.1 Å². The number of hydrogen-bond acceptors (Lipinski definition) is 6. The molecule has 26 heavy (non-hydrogen) atoms. The van der Waals surface area contributed by atoms with Crippen molar-refractivity contribution in [1.82, 2.24) is 24.6 Å². The molecule has 0 fully saturated rings. The molecule has 3 aromatic rings. The van der Waals surface area contributed by atoms with Crippen LogP contribution in [0.5, 0.6) is 5.75 Å². The van der Waals surface area contributed by atoms with Gasteiger partial charge in [0.25, 0.3) is 5.91 Å². The Morgan fingerprint density at radius 1 is 1.31 bits per heavy atom. The summed E-state index contributed by atoms with van der Waals surface area (Å²) in [6.45, 7) is 5.34. The first-order valence-corrected chi connectivity index (χ1v) is 8.45. The second-order valence-corrected chi connectivity index (χ2v) is 6.20. The summed E-state index contributed by atoms with van der Waals surface area (Å²) in [4.78, 5) is 18.5. The number of amides is 1. The lowest BCUT2D eigenvalue weighted by Crippen LogP contribution is -2.41. The van der Waals surface area contributed by atoms with Crippen molar-refractivity contribution in [1.29, 1.82) is 0 Å². The highest BCUT2D eigenvalue weighted by molar-refractivity contribution is 5.91. The quantitative estimate of drug-likeness (QED) is 0.716. The number of hydrogen-bond donors (Lipinski definition) is 0. The molecule has 0 saturated carbocycles. The topological polar surface area (TPSA) is 86.3 Å². The molecule has 1 aliphatic rings. The fourth-order valence-electron chi connectivity index (χ4n) is 3.06. The van der Waals surface area contributed by atoms with Crippen molar-refractivity contribution < 1.29 is 13.9 Å². The molecule has 1 atom stereocenters. The number of fused-ring (bicyclic) bond motifs is 1. The summed E-state index contributed by atoms with van der Waals surface area (Å²) in [5.74, 6) is 2.36. The Labute approximate surface area is 150 Å². The summed E-state index contributed by atoms with van der Waals surface area (Å²) in [5, 5.41) is 8.51. The van der Waals surface area contributed by atoms with E-state index < -0.39 is 0 Å². The van der Waals surface area contributed by atoms with Gasteiger partial charge in [0, 0.05) is 18.8 Å². The number of ether oxygens (including phenoxy) is 1. The third kappa shape index (κ3) is 2.94. The minimum Gasteiger partial charge on any atom is -0.484 e. The van der Waals surface area contributed by atoms with E-state index in [1.165, 1.54) is 6.26 Å². The zero-order valence-corrected chi connectivity index (χ0v) is 14.6. The molecule has 0 spiro atoms. The molecule has 0 N–H and O–H groups in total. The highest BCUT2D eigenvalue weighted by atomic mass is 16.5. The fraction of sp³-hybridized carbons (Fsp3) is 0.333. The van der Waals surface area contributed by atoms with Gasteiger partial charge in [0.2, 0.25) is 0 Å². The van der Waals surface area contributed by atoms with Gasteiger partial charge in [-0.05, 0) is 38.1 Å². The predicted octanol–water partition coefficient (Wildman–Crippen LogP) is 2.37. The van der Waals surface area contributed by atoms with Gasteiger partial charge in [0.1, 0.15) is 12.4 Å². The lowest BCUT2D eigenvalue weighted by atomic mass is 10.2. The molecule has 1 amide bonds. The van der Waals surface area contributed by atoms with Crippen LogP contribution in [-0.4, -0.2) is 37.1 Å². The van der Waals surface area contributed by atoms with Crippen molar-refractivity contribution in [3.05, 3.63) is 59.8 Å². The molecule has 0 aromatic carbocycles. The molecule has 0 aliphatic carbocycles. The van der Waals surface area contributed by atoms with Crippen LogP contribution < -0.4 is 4.74 Å². The summed E-state index contributed by atoms with van der Waals surface area (Å²) in [7, 11) is 0. The number of furan rings is 1. The largest absolute Gasteiger partial charge is 0.484 e. The van der Waals surface area contributed by atoms with Crippen molar-refractivity contribution in [2.75, 3.05) is 6.54 Å². The molecule has 4 rings (SSSR count). The number of rotatable bonds is 4. The van der Waals surface area contributed by atoms with E-state index in [1.54, 1.807) is 23.2 Å². The predicted molar refractivity (Wildman–Crippen MR) is 91.5 cm³/mol. The minimum absolute atomic E-state index is 0.139. The van der Waals surface area contributed by atoms with Crippen LogP contribution in [0.25, 0.3) is 0 Å². The molecule has 0 bridgehead atoms. The molecule has 8 nitrogen and oxygen atoms in total. The smallest absolute Gasteiger partial charge is 0.290 e. The molecule has 0 radical (unpaired) electrons. The van der Waals surface area contributed by atoms with Crippen molar-refractivity contribution in [3.63, 3.8) is 0 Å².